The van der Waals surface area contributed by atoms with Crippen molar-refractivity contribution in [2.45, 2.75) is 9.92 Å². The van der Waals surface area contributed by atoms with E-state index in [2.05, 4.69) is 4.98 Å². The maximum absolute atomic E-state index is 12.8. The second-order valence-electron chi connectivity index (χ2n) is 4.15. The molecule has 0 spiro atoms. The minimum atomic E-state index is -4.03. The number of aromatic nitrogens is 1. The number of halogens is 1. The summed E-state index contributed by atoms with van der Waals surface area (Å²) in [7, 11) is -4.03. The van der Waals surface area contributed by atoms with Crippen LogP contribution < -0.4 is 0 Å². The van der Waals surface area contributed by atoms with Crippen LogP contribution in [0.25, 0.3) is 0 Å². The van der Waals surface area contributed by atoms with Crippen LogP contribution >= 0.6 is 11.3 Å². The predicted molar refractivity (Wildman–Crippen MR) is 76.6 cm³/mol. The third kappa shape index (κ3) is 3.60. The molecule has 10 heteroatoms. The van der Waals surface area contributed by atoms with E-state index in [1.54, 1.807) is 0 Å². The molecule has 0 saturated heterocycles. The molecule has 0 bridgehead atoms. The van der Waals surface area contributed by atoms with Crippen molar-refractivity contribution in [2.24, 2.45) is 0 Å². The van der Waals surface area contributed by atoms with E-state index < -0.39 is 38.2 Å². The maximum Gasteiger partial charge on any atom is 0.371 e. The number of aliphatic carboxylic acids is 1. The van der Waals surface area contributed by atoms with Gasteiger partial charge < -0.3 is 10.2 Å². The molecule has 2 N–H and O–H groups in total. The van der Waals surface area contributed by atoms with E-state index in [1.165, 1.54) is 0 Å². The molecular weight excluding hydrogens is 349 g/mol. The van der Waals surface area contributed by atoms with Crippen LogP contribution in [0, 0.1) is 5.82 Å². The van der Waals surface area contributed by atoms with Gasteiger partial charge in [-0.25, -0.2) is 22.6 Å². The number of carbonyl (C=O) groups excluding carboxylic acids is 1. The standard InChI is InChI=1S/C13H8FNO6S2/c14-7-1-3-8(4-2-7)23(20,21)11-6-22-12(15-11)9(16)5-10(17)13(18)19/h1-6,17H,(H,18,19). The molecule has 0 aliphatic heterocycles. The van der Waals surface area contributed by atoms with Gasteiger partial charge in [-0.2, -0.15) is 0 Å². The number of hydrogen-bond donors (Lipinski definition) is 2. The number of aliphatic hydroxyl groups excluding tert-OH is 1. The Morgan fingerprint density at radius 3 is 2.35 bits per heavy atom. The summed E-state index contributed by atoms with van der Waals surface area (Å²) >= 11 is 0.674. The average molecular weight is 357 g/mol. The lowest BCUT2D eigenvalue weighted by atomic mass is 10.3. The van der Waals surface area contributed by atoms with Gasteiger partial charge in [0.05, 0.1) is 4.90 Å². The number of carboxylic acid groups (broad SMARTS) is 1. The van der Waals surface area contributed by atoms with Gasteiger partial charge in [0.2, 0.25) is 21.4 Å². The summed E-state index contributed by atoms with van der Waals surface area (Å²) in [5, 5.41) is 17.8. The molecule has 120 valence electrons. The van der Waals surface area contributed by atoms with Crippen LogP contribution in [-0.4, -0.2) is 35.4 Å². The zero-order valence-electron chi connectivity index (χ0n) is 11.1. The molecule has 23 heavy (non-hydrogen) atoms. The number of nitrogens with zero attached hydrogens (tertiary/aromatic N) is 1. The number of thiazole rings is 1. The molecule has 0 fully saturated rings. The third-order valence-corrected chi connectivity index (χ3v) is 5.24. The molecule has 0 radical (unpaired) electrons. The Kier molecular flexibility index (Phi) is 4.57. The number of hydrogen-bond acceptors (Lipinski definition) is 7. The lowest BCUT2D eigenvalue weighted by molar-refractivity contribution is -0.135. The molecule has 0 aliphatic carbocycles. The van der Waals surface area contributed by atoms with Crippen LogP contribution in [0.15, 0.2) is 51.4 Å². The molecule has 2 rings (SSSR count). The molecule has 0 unspecified atom stereocenters. The van der Waals surface area contributed by atoms with Crippen molar-refractivity contribution in [3.05, 3.63) is 52.3 Å². The monoisotopic (exact) mass is 357 g/mol. The Bertz CT molecular complexity index is 899. The van der Waals surface area contributed by atoms with Crippen molar-refractivity contribution >= 4 is 32.9 Å². The summed E-state index contributed by atoms with van der Waals surface area (Å²) in [5.41, 5.74) is 0. The molecule has 2 aromatic rings. The van der Waals surface area contributed by atoms with E-state index in [0.717, 1.165) is 29.6 Å². The van der Waals surface area contributed by atoms with Crippen LogP contribution in [0.2, 0.25) is 0 Å². The normalized spacial score (nSPS) is 12.1. The number of carboxylic acids is 1. The first kappa shape index (κ1) is 16.8. The zero-order valence-corrected chi connectivity index (χ0v) is 12.8. The fraction of sp³-hybridized carbons (Fsp3) is 0. The van der Waals surface area contributed by atoms with E-state index >= 15 is 0 Å². The molecular formula is C13H8FNO6S2. The SMILES string of the molecule is O=C(O)C(O)=CC(=O)c1nc(S(=O)(=O)c2ccc(F)cc2)cs1. The number of ketones is 1. The zero-order chi connectivity index (χ0) is 17.2. The topological polar surface area (TPSA) is 122 Å². The van der Waals surface area contributed by atoms with Crippen molar-refractivity contribution in [2.75, 3.05) is 0 Å². The predicted octanol–water partition coefficient (Wildman–Crippen LogP) is 1.82. The van der Waals surface area contributed by atoms with Gasteiger partial charge in [0, 0.05) is 11.5 Å². The first-order valence-corrected chi connectivity index (χ1v) is 8.22. The first-order chi connectivity index (χ1) is 10.7. The Labute approximate surface area is 133 Å². The quantitative estimate of drug-likeness (QED) is 0.362. The van der Waals surface area contributed by atoms with Gasteiger partial charge in [-0.1, -0.05) is 0 Å². The van der Waals surface area contributed by atoms with Crippen LogP contribution in [0.1, 0.15) is 9.80 Å². The van der Waals surface area contributed by atoms with Crippen LogP contribution in [-0.2, 0) is 14.6 Å². The maximum atomic E-state index is 12.8. The van der Waals surface area contributed by atoms with Crippen LogP contribution in [0.4, 0.5) is 4.39 Å². The van der Waals surface area contributed by atoms with E-state index in [0.29, 0.717) is 17.4 Å². The Balaban J connectivity index is 2.35. The molecule has 1 heterocycles. The third-order valence-electron chi connectivity index (χ3n) is 2.58. The summed E-state index contributed by atoms with van der Waals surface area (Å²) < 4.78 is 37.4. The smallest absolute Gasteiger partial charge is 0.371 e. The van der Waals surface area contributed by atoms with Gasteiger partial charge in [0.25, 0.3) is 0 Å². The summed E-state index contributed by atoms with van der Waals surface area (Å²) in [5.74, 6) is -4.44. The van der Waals surface area contributed by atoms with Gasteiger partial charge in [0.15, 0.2) is 10.0 Å². The van der Waals surface area contributed by atoms with Gasteiger partial charge in [-0.3, -0.25) is 4.79 Å². The molecule has 1 aromatic carbocycles. The largest absolute Gasteiger partial charge is 0.502 e. The Morgan fingerprint density at radius 2 is 1.78 bits per heavy atom. The van der Waals surface area contributed by atoms with E-state index in [1.807, 2.05) is 0 Å². The summed E-state index contributed by atoms with van der Waals surface area (Å²) in [6.45, 7) is 0. The molecule has 7 nitrogen and oxygen atoms in total. The van der Waals surface area contributed by atoms with E-state index in [-0.39, 0.29) is 9.90 Å². The summed E-state index contributed by atoms with van der Waals surface area (Å²) in [4.78, 5) is 25.5. The average Bonchev–Trinajstić information content (AvgIpc) is 2.98. The highest BCUT2D eigenvalue weighted by atomic mass is 32.2. The van der Waals surface area contributed by atoms with Gasteiger partial charge in [-0.05, 0) is 24.3 Å². The van der Waals surface area contributed by atoms with Gasteiger partial charge >= 0.3 is 5.97 Å². The molecule has 1 aromatic heterocycles. The van der Waals surface area contributed by atoms with E-state index in [9.17, 15) is 22.4 Å². The number of sulfone groups is 1. The molecule has 0 atom stereocenters. The number of rotatable bonds is 5. The molecule has 0 amide bonds. The highest BCUT2D eigenvalue weighted by Gasteiger charge is 2.23. The number of allylic oxidation sites excluding steroid dienone is 1. The van der Waals surface area contributed by atoms with Crippen molar-refractivity contribution in [3.8, 4) is 0 Å². The second kappa shape index (κ2) is 6.26. The van der Waals surface area contributed by atoms with Crippen molar-refractivity contribution in [1.82, 2.24) is 4.98 Å². The molecule has 0 aliphatic rings. The highest BCUT2D eigenvalue weighted by molar-refractivity contribution is 7.91. The number of benzene rings is 1. The van der Waals surface area contributed by atoms with Gasteiger partial charge in [-0.15, -0.1) is 11.3 Å². The van der Waals surface area contributed by atoms with Crippen LogP contribution in [0.3, 0.4) is 0 Å². The lowest BCUT2D eigenvalue weighted by Gasteiger charge is -2.00. The molecule has 0 saturated carbocycles. The highest BCUT2D eigenvalue weighted by Crippen LogP contribution is 2.23. The van der Waals surface area contributed by atoms with Gasteiger partial charge in [0.1, 0.15) is 5.82 Å². The number of aliphatic hydroxyl groups is 1. The van der Waals surface area contributed by atoms with Crippen molar-refractivity contribution in [1.29, 1.82) is 0 Å². The minimum Gasteiger partial charge on any atom is -0.502 e. The summed E-state index contributed by atoms with van der Waals surface area (Å²) in [6.07, 6.45) is 0.426. The lowest BCUT2D eigenvalue weighted by Crippen LogP contribution is -2.05. The minimum absolute atomic E-state index is 0.202. The Morgan fingerprint density at radius 1 is 1.17 bits per heavy atom. The van der Waals surface area contributed by atoms with Crippen molar-refractivity contribution < 1.29 is 32.6 Å². The van der Waals surface area contributed by atoms with Crippen LogP contribution in [0.5, 0.6) is 0 Å². The fourth-order valence-corrected chi connectivity index (χ4v) is 3.73. The first-order valence-electron chi connectivity index (χ1n) is 5.86. The summed E-state index contributed by atoms with van der Waals surface area (Å²) in [6, 6.07) is 4.06. The number of carbonyl (C=O) groups is 2. The van der Waals surface area contributed by atoms with E-state index in [4.69, 9.17) is 10.2 Å². The second-order valence-corrected chi connectivity index (χ2v) is 6.90. The fourth-order valence-electron chi connectivity index (χ4n) is 1.48. The Hall–Kier alpha value is -2.59. The van der Waals surface area contributed by atoms with Crippen molar-refractivity contribution in [3.63, 3.8) is 0 Å².